The highest BCUT2D eigenvalue weighted by atomic mass is 32.2. The van der Waals surface area contributed by atoms with Crippen LogP contribution in [0.5, 0.6) is 0 Å². The molecule has 2 heteroatoms. The van der Waals surface area contributed by atoms with Crippen molar-refractivity contribution < 1.29 is 4.79 Å². The van der Waals surface area contributed by atoms with E-state index in [1.165, 1.54) is 17.7 Å². The molecule has 0 fully saturated rings. The molecule has 0 aromatic heterocycles. The van der Waals surface area contributed by atoms with Gasteiger partial charge in [-0.15, -0.1) is 0 Å². The molecule has 1 aliphatic rings. The summed E-state index contributed by atoms with van der Waals surface area (Å²) in [6.45, 7) is 4.37. The number of rotatable bonds is 4. The van der Waals surface area contributed by atoms with Crippen molar-refractivity contribution in [2.75, 3.05) is 12.0 Å². The van der Waals surface area contributed by atoms with Crippen molar-refractivity contribution in [3.8, 4) is 0 Å². The highest BCUT2D eigenvalue weighted by Gasteiger charge is 2.26. The average molecular weight is 212 g/mol. The number of thioether (sulfide) groups is 1. The molecule has 0 amide bonds. The molecular weight excluding hydrogens is 192 g/mol. The number of allylic oxidation sites excluding steroid dienone is 2. The minimum atomic E-state index is 0.195. The Morgan fingerprint density at radius 1 is 1.43 bits per heavy atom. The molecule has 0 spiro atoms. The van der Waals surface area contributed by atoms with Gasteiger partial charge in [-0.1, -0.05) is 19.4 Å². The number of ketones is 1. The second kappa shape index (κ2) is 5.01. The van der Waals surface area contributed by atoms with Crippen LogP contribution in [0.25, 0.3) is 0 Å². The Kier molecular flexibility index (Phi) is 4.24. The monoisotopic (exact) mass is 212 g/mol. The first-order valence-corrected chi connectivity index (χ1v) is 6.64. The lowest BCUT2D eigenvalue weighted by molar-refractivity contribution is -0.117. The molecule has 0 saturated heterocycles. The van der Waals surface area contributed by atoms with Gasteiger partial charge in [-0.2, -0.15) is 11.8 Å². The quantitative estimate of drug-likeness (QED) is 0.664. The molecule has 80 valence electrons. The number of hydrogen-bond donors (Lipinski definition) is 0. The summed E-state index contributed by atoms with van der Waals surface area (Å²) >= 11 is 1.88. The van der Waals surface area contributed by atoms with Crippen LogP contribution in [0.15, 0.2) is 11.6 Å². The molecule has 1 aliphatic carbocycles. The van der Waals surface area contributed by atoms with Crippen LogP contribution < -0.4 is 0 Å². The Bertz CT molecular complexity index is 241. The van der Waals surface area contributed by atoms with Crippen LogP contribution in [-0.2, 0) is 4.79 Å². The second-order valence-corrected chi connectivity index (χ2v) is 5.87. The highest BCUT2D eigenvalue weighted by molar-refractivity contribution is 7.98. The zero-order chi connectivity index (χ0) is 10.6. The second-order valence-electron chi connectivity index (χ2n) is 4.88. The summed E-state index contributed by atoms with van der Waals surface area (Å²) in [6.07, 6.45) is 8.15. The molecule has 0 aliphatic heterocycles. The zero-order valence-electron chi connectivity index (χ0n) is 9.43. The predicted octanol–water partition coefficient (Wildman–Crippen LogP) is 3.45. The predicted molar refractivity (Wildman–Crippen MR) is 63.7 cm³/mol. The Balaban J connectivity index is 2.48. The summed E-state index contributed by atoms with van der Waals surface area (Å²) in [5.41, 5.74) is 1.56. The van der Waals surface area contributed by atoms with Gasteiger partial charge in [0.15, 0.2) is 5.78 Å². The minimum Gasteiger partial charge on any atom is -0.295 e. The Morgan fingerprint density at radius 3 is 2.71 bits per heavy atom. The molecule has 0 saturated carbocycles. The van der Waals surface area contributed by atoms with Gasteiger partial charge in [-0.05, 0) is 42.8 Å². The Hall–Kier alpha value is -0.240. The van der Waals surface area contributed by atoms with E-state index < -0.39 is 0 Å². The molecule has 0 aromatic carbocycles. The number of carbonyl (C=O) groups is 1. The Morgan fingerprint density at radius 2 is 2.14 bits per heavy atom. The average Bonchev–Trinajstić information content (AvgIpc) is 2.00. The lowest BCUT2D eigenvalue weighted by Crippen LogP contribution is -2.21. The summed E-state index contributed by atoms with van der Waals surface area (Å²) in [5.74, 6) is 1.52. The third kappa shape index (κ3) is 3.87. The Labute approximate surface area is 91.3 Å². The van der Waals surface area contributed by atoms with Crippen LogP contribution in [0.2, 0.25) is 0 Å². The van der Waals surface area contributed by atoms with Crippen LogP contribution in [-0.4, -0.2) is 17.8 Å². The van der Waals surface area contributed by atoms with Gasteiger partial charge in [0.2, 0.25) is 0 Å². The van der Waals surface area contributed by atoms with E-state index in [0.29, 0.717) is 5.78 Å². The van der Waals surface area contributed by atoms with Crippen molar-refractivity contribution >= 4 is 17.5 Å². The van der Waals surface area contributed by atoms with Crippen LogP contribution in [0.1, 0.15) is 39.5 Å². The maximum absolute atomic E-state index is 11.4. The third-order valence-corrected chi connectivity index (χ3v) is 3.27. The summed E-state index contributed by atoms with van der Waals surface area (Å²) in [4.78, 5) is 11.4. The molecule has 14 heavy (non-hydrogen) atoms. The number of carbonyl (C=O) groups excluding carboxylic acids is 1. The van der Waals surface area contributed by atoms with Gasteiger partial charge in [-0.3, -0.25) is 4.79 Å². The van der Waals surface area contributed by atoms with E-state index in [-0.39, 0.29) is 5.41 Å². The van der Waals surface area contributed by atoms with E-state index in [4.69, 9.17) is 0 Å². The van der Waals surface area contributed by atoms with Crippen molar-refractivity contribution in [3.05, 3.63) is 11.6 Å². The topological polar surface area (TPSA) is 17.1 Å². The zero-order valence-corrected chi connectivity index (χ0v) is 10.2. The minimum absolute atomic E-state index is 0.195. The van der Waals surface area contributed by atoms with Gasteiger partial charge in [0.05, 0.1) is 0 Å². The SMILES string of the molecule is CSCCCC1=CC(=O)CC(C)(C)C1. The summed E-state index contributed by atoms with van der Waals surface area (Å²) in [6, 6.07) is 0. The highest BCUT2D eigenvalue weighted by Crippen LogP contribution is 2.35. The van der Waals surface area contributed by atoms with Gasteiger partial charge >= 0.3 is 0 Å². The standard InChI is InChI=1S/C12H20OS/c1-12(2)8-10(5-4-6-14-3)7-11(13)9-12/h7H,4-6,8-9H2,1-3H3. The molecule has 0 heterocycles. The van der Waals surface area contributed by atoms with E-state index in [1.54, 1.807) is 0 Å². The first-order chi connectivity index (χ1) is 6.53. The molecule has 0 N–H and O–H groups in total. The fourth-order valence-electron chi connectivity index (χ4n) is 2.08. The maximum Gasteiger partial charge on any atom is 0.156 e. The van der Waals surface area contributed by atoms with Crippen LogP contribution in [0, 0.1) is 5.41 Å². The summed E-state index contributed by atoms with van der Waals surface area (Å²) < 4.78 is 0. The molecular formula is C12H20OS. The normalized spacial score (nSPS) is 20.8. The molecule has 0 unspecified atom stereocenters. The largest absolute Gasteiger partial charge is 0.295 e. The van der Waals surface area contributed by atoms with Crippen LogP contribution in [0.3, 0.4) is 0 Å². The summed E-state index contributed by atoms with van der Waals surface area (Å²) in [5, 5.41) is 0. The van der Waals surface area contributed by atoms with Crippen molar-refractivity contribution in [2.24, 2.45) is 5.41 Å². The molecule has 0 atom stereocenters. The third-order valence-electron chi connectivity index (χ3n) is 2.57. The van der Waals surface area contributed by atoms with Gasteiger partial charge in [0, 0.05) is 6.42 Å². The fourth-order valence-corrected chi connectivity index (χ4v) is 2.52. The van der Waals surface area contributed by atoms with Crippen LogP contribution >= 0.6 is 11.8 Å². The van der Waals surface area contributed by atoms with E-state index in [0.717, 1.165) is 19.3 Å². The van der Waals surface area contributed by atoms with E-state index >= 15 is 0 Å². The van der Waals surface area contributed by atoms with Gasteiger partial charge in [0.25, 0.3) is 0 Å². The van der Waals surface area contributed by atoms with Gasteiger partial charge < -0.3 is 0 Å². The molecule has 0 aromatic rings. The van der Waals surface area contributed by atoms with E-state index in [1.807, 2.05) is 17.8 Å². The smallest absolute Gasteiger partial charge is 0.156 e. The van der Waals surface area contributed by atoms with Crippen molar-refractivity contribution in [1.29, 1.82) is 0 Å². The van der Waals surface area contributed by atoms with Gasteiger partial charge in [-0.25, -0.2) is 0 Å². The number of hydrogen-bond acceptors (Lipinski definition) is 2. The van der Waals surface area contributed by atoms with Crippen molar-refractivity contribution in [1.82, 2.24) is 0 Å². The van der Waals surface area contributed by atoms with Crippen molar-refractivity contribution in [2.45, 2.75) is 39.5 Å². The molecule has 1 rings (SSSR count). The first-order valence-electron chi connectivity index (χ1n) is 5.25. The lowest BCUT2D eigenvalue weighted by Gasteiger charge is -2.28. The van der Waals surface area contributed by atoms with E-state index in [2.05, 4.69) is 20.1 Å². The maximum atomic E-state index is 11.4. The molecule has 0 radical (unpaired) electrons. The summed E-state index contributed by atoms with van der Waals surface area (Å²) in [7, 11) is 0. The van der Waals surface area contributed by atoms with Gasteiger partial charge in [0.1, 0.15) is 0 Å². The molecule has 0 bridgehead atoms. The van der Waals surface area contributed by atoms with Crippen molar-refractivity contribution in [3.63, 3.8) is 0 Å². The van der Waals surface area contributed by atoms with Crippen LogP contribution in [0.4, 0.5) is 0 Å². The van der Waals surface area contributed by atoms with E-state index in [9.17, 15) is 4.79 Å². The lowest BCUT2D eigenvalue weighted by atomic mass is 9.76. The first kappa shape index (κ1) is 11.8. The molecule has 1 nitrogen and oxygen atoms in total. The fraction of sp³-hybridized carbons (Fsp3) is 0.750.